The van der Waals surface area contributed by atoms with Gasteiger partial charge in [0.25, 0.3) is 0 Å². The van der Waals surface area contributed by atoms with Crippen LogP contribution in [-0.4, -0.2) is 50.7 Å². The molecule has 3 N–H and O–H groups in total. The number of aromatic carboxylic acids is 1. The Morgan fingerprint density at radius 1 is 0.952 bits per heavy atom. The maximum Gasteiger partial charge on any atom is 0.352 e. The molecule has 2 atom stereocenters. The van der Waals surface area contributed by atoms with Gasteiger partial charge in [-0.3, -0.25) is 9.69 Å². The molecule has 0 saturated carbocycles. The molecule has 0 bridgehead atoms. The first-order valence-electron chi connectivity index (χ1n) is 14.2. The highest BCUT2D eigenvalue weighted by Crippen LogP contribution is 2.42. The Morgan fingerprint density at radius 2 is 1.60 bits per heavy atom. The van der Waals surface area contributed by atoms with E-state index in [1.165, 1.54) is 5.56 Å². The van der Waals surface area contributed by atoms with E-state index in [0.717, 1.165) is 28.5 Å². The maximum absolute atomic E-state index is 12.6. The number of fused-ring (bicyclic) bond motifs is 1. The van der Waals surface area contributed by atoms with Gasteiger partial charge in [-0.05, 0) is 78.6 Å². The normalized spacial score (nSPS) is 16.4. The molecule has 2 heterocycles. The van der Waals surface area contributed by atoms with E-state index in [4.69, 9.17) is 4.74 Å². The Hall–Kier alpha value is -3.81. The molecule has 7 nitrogen and oxygen atoms in total. The molecule has 1 fully saturated rings. The molecule has 3 aromatic carbocycles. The number of aromatic nitrogens is 1. The summed E-state index contributed by atoms with van der Waals surface area (Å²) in [5.41, 5.74) is 5.42. The Morgan fingerprint density at radius 3 is 2.17 bits per heavy atom. The number of aliphatic carboxylic acids is 1. The van der Waals surface area contributed by atoms with Gasteiger partial charge in [0.2, 0.25) is 0 Å². The molecule has 5 rings (SSSR count). The lowest BCUT2D eigenvalue weighted by molar-refractivity contribution is -0.142. The molecule has 2 unspecified atom stereocenters. The summed E-state index contributed by atoms with van der Waals surface area (Å²) in [6, 6.07) is 20.6. The van der Waals surface area contributed by atoms with Crippen molar-refractivity contribution < 1.29 is 24.5 Å². The van der Waals surface area contributed by atoms with E-state index in [1.54, 1.807) is 0 Å². The van der Waals surface area contributed by atoms with Gasteiger partial charge in [-0.15, -0.1) is 12.4 Å². The Bertz CT molecular complexity index is 1570. The standard InChI is InChI=1S/C34H38N2O5.ClH/c1-20(2)41-25-15-10-22(11-16-25)31(36-18-6-7-28(36)32(37)38)29-26-19-23(12-17-27(26)35-30(29)33(39)40)21-8-13-24(14-9-21)34(3,4)5;/h8-17,19-20,28,31,35H,6-7,18H2,1-5H3,(H,37,38)(H,39,40);1H. The van der Waals surface area contributed by atoms with Gasteiger partial charge in [0.1, 0.15) is 17.5 Å². The Balaban J connectivity index is 0.00000405. The van der Waals surface area contributed by atoms with Crippen LogP contribution in [0.25, 0.3) is 22.0 Å². The van der Waals surface area contributed by atoms with Crippen LogP contribution in [0.15, 0.2) is 66.7 Å². The van der Waals surface area contributed by atoms with Crippen LogP contribution in [0.2, 0.25) is 0 Å². The van der Waals surface area contributed by atoms with Crippen molar-refractivity contribution in [2.45, 2.75) is 71.1 Å². The summed E-state index contributed by atoms with van der Waals surface area (Å²) in [4.78, 5) is 30.0. The molecule has 222 valence electrons. The molecule has 42 heavy (non-hydrogen) atoms. The maximum atomic E-state index is 12.6. The van der Waals surface area contributed by atoms with Crippen LogP contribution in [-0.2, 0) is 10.2 Å². The average molecular weight is 591 g/mol. The number of likely N-dealkylation sites (tertiary alicyclic amines) is 1. The second kappa shape index (κ2) is 12.2. The van der Waals surface area contributed by atoms with Crippen LogP contribution in [0.5, 0.6) is 5.75 Å². The first-order valence-corrected chi connectivity index (χ1v) is 14.2. The van der Waals surface area contributed by atoms with E-state index in [2.05, 4.69) is 50.0 Å². The minimum atomic E-state index is -1.08. The monoisotopic (exact) mass is 590 g/mol. The minimum Gasteiger partial charge on any atom is -0.491 e. The third-order valence-corrected chi connectivity index (χ3v) is 7.89. The molecule has 0 spiro atoms. The fourth-order valence-corrected chi connectivity index (χ4v) is 5.90. The van der Waals surface area contributed by atoms with Crippen molar-refractivity contribution in [2.24, 2.45) is 0 Å². The van der Waals surface area contributed by atoms with E-state index >= 15 is 0 Å². The number of H-pyrrole nitrogens is 1. The zero-order valence-corrected chi connectivity index (χ0v) is 25.5. The summed E-state index contributed by atoms with van der Waals surface area (Å²) in [6.07, 6.45) is 1.24. The Labute approximate surface area is 252 Å². The van der Waals surface area contributed by atoms with Gasteiger partial charge in [0.15, 0.2) is 0 Å². The molecule has 1 aliphatic heterocycles. The predicted octanol–water partition coefficient (Wildman–Crippen LogP) is 7.68. The molecule has 0 radical (unpaired) electrons. The van der Waals surface area contributed by atoms with Crippen molar-refractivity contribution in [3.05, 3.63) is 89.1 Å². The topological polar surface area (TPSA) is 103 Å². The number of rotatable bonds is 8. The lowest BCUT2D eigenvalue weighted by atomic mass is 9.86. The molecule has 4 aromatic rings. The van der Waals surface area contributed by atoms with Crippen LogP contribution in [0.4, 0.5) is 0 Å². The molecular weight excluding hydrogens is 552 g/mol. The van der Waals surface area contributed by atoms with Crippen molar-refractivity contribution in [3.63, 3.8) is 0 Å². The largest absolute Gasteiger partial charge is 0.491 e. The van der Waals surface area contributed by atoms with Crippen LogP contribution in [0.1, 0.15) is 80.7 Å². The number of carboxylic acid groups (broad SMARTS) is 2. The first-order chi connectivity index (χ1) is 19.4. The van der Waals surface area contributed by atoms with Gasteiger partial charge in [-0.1, -0.05) is 63.2 Å². The fourth-order valence-electron chi connectivity index (χ4n) is 5.90. The van der Waals surface area contributed by atoms with Gasteiger partial charge >= 0.3 is 11.9 Å². The lowest BCUT2D eigenvalue weighted by Crippen LogP contribution is -2.39. The van der Waals surface area contributed by atoms with Gasteiger partial charge in [-0.2, -0.15) is 0 Å². The molecule has 0 aliphatic carbocycles. The summed E-state index contributed by atoms with van der Waals surface area (Å²) < 4.78 is 5.84. The third kappa shape index (κ3) is 6.18. The van der Waals surface area contributed by atoms with Crippen molar-refractivity contribution in [3.8, 4) is 16.9 Å². The molecular formula is C34H39ClN2O5. The minimum absolute atomic E-state index is 0. The Kier molecular flexibility index (Phi) is 9.04. The van der Waals surface area contributed by atoms with Gasteiger partial charge in [0.05, 0.1) is 12.1 Å². The number of benzene rings is 3. The summed E-state index contributed by atoms with van der Waals surface area (Å²) >= 11 is 0. The quantitative estimate of drug-likeness (QED) is 0.194. The fraction of sp³-hybridized carbons (Fsp3) is 0.353. The summed E-state index contributed by atoms with van der Waals surface area (Å²) in [5, 5.41) is 21.2. The van der Waals surface area contributed by atoms with Crippen LogP contribution >= 0.6 is 12.4 Å². The van der Waals surface area contributed by atoms with Crippen molar-refractivity contribution in [1.82, 2.24) is 9.88 Å². The number of halogens is 1. The molecule has 1 aliphatic rings. The number of carboxylic acids is 2. The third-order valence-electron chi connectivity index (χ3n) is 7.89. The number of aromatic amines is 1. The van der Waals surface area contributed by atoms with Crippen LogP contribution in [0.3, 0.4) is 0 Å². The number of nitrogens with one attached hydrogen (secondary N) is 1. The first kappa shape index (κ1) is 31.1. The summed E-state index contributed by atoms with van der Waals surface area (Å²) in [5.74, 6) is -1.27. The summed E-state index contributed by atoms with van der Waals surface area (Å²) in [6.45, 7) is 11.0. The SMILES string of the molecule is CC(C)Oc1ccc(C(c2c(C(=O)O)[nH]c3ccc(-c4ccc(C(C)(C)C)cc4)cc23)N2CCCC2C(=O)O)cc1.Cl. The number of hydrogen-bond acceptors (Lipinski definition) is 4. The highest BCUT2D eigenvalue weighted by Gasteiger charge is 2.39. The number of hydrogen-bond donors (Lipinski definition) is 3. The molecule has 0 amide bonds. The van der Waals surface area contributed by atoms with Crippen LogP contribution < -0.4 is 4.74 Å². The second-order valence-electron chi connectivity index (χ2n) is 12.2. The average Bonchev–Trinajstić information content (AvgIpc) is 3.55. The molecule has 8 heteroatoms. The van der Waals surface area contributed by atoms with Crippen LogP contribution in [0, 0.1) is 0 Å². The smallest absolute Gasteiger partial charge is 0.352 e. The highest BCUT2D eigenvalue weighted by atomic mass is 35.5. The lowest BCUT2D eigenvalue weighted by Gasteiger charge is -2.32. The van der Waals surface area contributed by atoms with E-state index in [9.17, 15) is 19.8 Å². The zero-order chi connectivity index (χ0) is 29.5. The van der Waals surface area contributed by atoms with E-state index < -0.39 is 24.0 Å². The van der Waals surface area contributed by atoms with E-state index in [-0.39, 0.29) is 29.6 Å². The molecule has 1 aromatic heterocycles. The molecule has 1 saturated heterocycles. The second-order valence-corrected chi connectivity index (χ2v) is 12.2. The van der Waals surface area contributed by atoms with Gasteiger partial charge in [-0.25, -0.2) is 4.79 Å². The van der Waals surface area contributed by atoms with Crippen molar-refractivity contribution >= 4 is 35.2 Å². The van der Waals surface area contributed by atoms with Gasteiger partial charge < -0.3 is 19.9 Å². The predicted molar refractivity (Wildman–Crippen MR) is 168 cm³/mol. The number of carbonyl (C=O) groups is 2. The number of nitrogens with zero attached hydrogens (tertiary/aromatic N) is 1. The van der Waals surface area contributed by atoms with Crippen molar-refractivity contribution in [2.75, 3.05) is 6.54 Å². The number of ether oxygens (including phenoxy) is 1. The highest BCUT2D eigenvalue weighted by molar-refractivity contribution is 5.99. The summed E-state index contributed by atoms with van der Waals surface area (Å²) in [7, 11) is 0. The zero-order valence-electron chi connectivity index (χ0n) is 24.7. The van der Waals surface area contributed by atoms with E-state index in [0.29, 0.717) is 29.8 Å². The van der Waals surface area contributed by atoms with E-state index in [1.807, 2.05) is 61.2 Å². The van der Waals surface area contributed by atoms with Crippen molar-refractivity contribution in [1.29, 1.82) is 0 Å². The van der Waals surface area contributed by atoms with Gasteiger partial charge in [0, 0.05) is 23.0 Å².